The molecule has 0 radical (unpaired) electrons. The van der Waals surface area contributed by atoms with Gasteiger partial charge in [-0.15, -0.1) is 0 Å². The van der Waals surface area contributed by atoms with Gasteiger partial charge in [-0.05, 0) is 30.7 Å². The molecule has 1 unspecified atom stereocenters. The molecule has 0 spiro atoms. The van der Waals surface area contributed by atoms with Crippen LogP contribution in [0.15, 0.2) is 36.5 Å². The van der Waals surface area contributed by atoms with Crippen LogP contribution in [0.2, 0.25) is 0 Å². The van der Waals surface area contributed by atoms with Gasteiger partial charge in [-0.3, -0.25) is 9.89 Å². The molecule has 1 aromatic carbocycles. The molecule has 0 saturated carbocycles. The van der Waals surface area contributed by atoms with Gasteiger partial charge in [-0.25, -0.2) is 0 Å². The number of hydrogen-bond donors (Lipinski definition) is 3. The van der Waals surface area contributed by atoms with Crippen LogP contribution >= 0.6 is 0 Å². The standard InChI is InChI=1S/C15H19N3O3/c1-11-3-2-4-14(7-11)21-10-13(19)9-16-15(20)8-12-5-6-17-18-12/h2-7,13,19H,8-10H2,1H3,(H,16,20)(H,17,18). The van der Waals surface area contributed by atoms with E-state index in [2.05, 4.69) is 15.5 Å². The third-order valence-electron chi connectivity index (χ3n) is 2.88. The fraction of sp³-hybridized carbons (Fsp3) is 0.333. The first-order chi connectivity index (χ1) is 10.1. The van der Waals surface area contributed by atoms with Gasteiger partial charge in [0, 0.05) is 18.4 Å². The zero-order chi connectivity index (χ0) is 15.1. The topological polar surface area (TPSA) is 87.2 Å². The summed E-state index contributed by atoms with van der Waals surface area (Å²) in [7, 11) is 0. The van der Waals surface area contributed by atoms with Crippen molar-refractivity contribution >= 4 is 5.91 Å². The number of aromatic nitrogens is 2. The highest BCUT2D eigenvalue weighted by Crippen LogP contribution is 2.12. The van der Waals surface area contributed by atoms with Gasteiger partial charge in [0.1, 0.15) is 18.5 Å². The first kappa shape index (κ1) is 15.1. The highest BCUT2D eigenvalue weighted by molar-refractivity contribution is 5.78. The molecule has 21 heavy (non-hydrogen) atoms. The van der Waals surface area contributed by atoms with Gasteiger partial charge in [0.05, 0.1) is 6.42 Å². The molecule has 112 valence electrons. The minimum atomic E-state index is -0.753. The number of aryl methyl sites for hydroxylation is 1. The molecule has 0 saturated heterocycles. The van der Waals surface area contributed by atoms with E-state index in [-0.39, 0.29) is 25.5 Å². The Hall–Kier alpha value is -2.34. The average Bonchev–Trinajstić information content (AvgIpc) is 2.96. The second kappa shape index (κ2) is 7.44. The molecule has 6 heteroatoms. The molecular weight excluding hydrogens is 270 g/mol. The second-order valence-electron chi connectivity index (χ2n) is 4.84. The lowest BCUT2D eigenvalue weighted by Gasteiger charge is -2.13. The smallest absolute Gasteiger partial charge is 0.226 e. The van der Waals surface area contributed by atoms with Crippen molar-refractivity contribution in [3.05, 3.63) is 47.8 Å². The number of amides is 1. The molecule has 0 fully saturated rings. The number of carbonyl (C=O) groups excluding carboxylic acids is 1. The molecule has 0 aliphatic carbocycles. The lowest BCUT2D eigenvalue weighted by Crippen LogP contribution is -2.36. The Balaban J connectivity index is 1.67. The summed E-state index contributed by atoms with van der Waals surface area (Å²) < 4.78 is 5.47. The van der Waals surface area contributed by atoms with Gasteiger partial charge in [-0.1, -0.05) is 12.1 Å². The molecule has 1 aromatic heterocycles. The van der Waals surface area contributed by atoms with Crippen LogP contribution in [0.5, 0.6) is 5.75 Å². The summed E-state index contributed by atoms with van der Waals surface area (Å²) >= 11 is 0. The van der Waals surface area contributed by atoms with Crippen LogP contribution in [0.4, 0.5) is 0 Å². The maximum absolute atomic E-state index is 11.6. The third-order valence-corrected chi connectivity index (χ3v) is 2.88. The first-order valence-electron chi connectivity index (χ1n) is 6.76. The number of rotatable bonds is 7. The Morgan fingerprint density at radius 3 is 3.05 bits per heavy atom. The lowest BCUT2D eigenvalue weighted by atomic mass is 10.2. The van der Waals surface area contributed by atoms with Gasteiger partial charge < -0.3 is 15.2 Å². The number of ether oxygens (including phenoxy) is 1. The Kier molecular flexibility index (Phi) is 5.34. The predicted molar refractivity (Wildman–Crippen MR) is 78.0 cm³/mol. The maximum atomic E-state index is 11.6. The van der Waals surface area contributed by atoms with E-state index < -0.39 is 6.10 Å². The summed E-state index contributed by atoms with van der Waals surface area (Å²) in [5, 5.41) is 18.9. The largest absolute Gasteiger partial charge is 0.491 e. The van der Waals surface area contributed by atoms with E-state index in [1.807, 2.05) is 31.2 Å². The van der Waals surface area contributed by atoms with E-state index in [0.29, 0.717) is 5.75 Å². The SMILES string of the molecule is Cc1cccc(OCC(O)CNC(=O)Cc2ccn[nH]2)c1. The van der Waals surface area contributed by atoms with Gasteiger partial charge in [-0.2, -0.15) is 5.10 Å². The van der Waals surface area contributed by atoms with Crippen LogP contribution in [-0.2, 0) is 11.2 Å². The van der Waals surface area contributed by atoms with E-state index in [0.717, 1.165) is 11.3 Å². The minimum absolute atomic E-state index is 0.133. The average molecular weight is 289 g/mol. The molecule has 2 rings (SSSR count). The van der Waals surface area contributed by atoms with Gasteiger partial charge in [0.2, 0.25) is 5.91 Å². The maximum Gasteiger partial charge on any atom is 0.226 e. The zero-order valence-corrected chi connectivity index (χ0v) is 11.9. The van der Waals surface area contributed by atoms with E-state index in [9.17, 15) is 9.90 Å². The Morgan fingerprint density at radius 1 is 1.48 bits per heavy atom. The number of aromatic amines is 1. The van der Waals surface area contributed by atoms with Gasteiger partial charge >= 0.3 is 0 Å². The third kappa shape index (κ3) is 5.27. The summed E-state index contributed by atoms with van der Waals surface area (Å²) in [6, 6.07) is 9.32. The Bertz CT molecular complexity index is 569. The number of hydrogen-bond acceptors (Lipinski definition) is 4. The lowest BCUT2D eigenvalue weighted by molar-refractivity contribution is -0.121. The van der Waals surface area contributed by atoms with Crippen LogP contribution in [0.25, 0.3) is 0 Å². The number of nitrogens with zero attached hydrogens (tertiary/aromatic N) is 1. The molecule has 2 aromatic rings. The number of benzene rings is 1. The summed E-state index contributed by atoms with van der Waals surface area (Å²) in [5.41, 5.74) is 1.83. The molecule has 3 N–H and O–H groups in total. The summed E-state index contributed by atoms with van der Waals surface area (Å²) in [4.78, 5) is 11.6. The molecule has 1 atom stereocenters. The summed E-state index contributed by atoms with van der Waals surface area (Å²) in [6.45, 7) is 2.26. The second-order valence-corrected chi connectivity index (χ2v) is 4.84. The van der Waals surface area contributed by atoms with E-state index in [1.54, 1.807) is 12.3 Å². The number of H-pyrrole nitrogens is 1. The molecule has 6 nitrogen and oxygen atoms in total. The van der Waals surface area contributed by atoms with Gasteiger partial charge in [0.15, 0.2) is 0 Å². The number of aliphatic hydroxyl groups excluding tert-OH is 1. The summed E-state index contributed by atoms with van der Waals surface area (Å²) in [6.07, 6.45) is 1.05. The van der Waals surface area contributed by atoms with Crippen molar-refractivity contribution < 1.29 is 14.6 Å². The molecule has 1 heterocycles. The predicted octanol–water partition coefficient (Wildman–Crippen LogP) is 0.817. The van der Waals surface area contributed by atoms with E-state index in [4.69, 9.17) is 4.74 Å². The first-order valence-corrected chi connectivity index (χ1v) is 6.76. The van der Waals surface area contributed by atoms with E-state index >= 15 is 0 Å². The Labute approximate surface area is 123 Å². The van der Waals surface area contributed by atoms with Crippen LogP contribution in [0.3, 0.4) is 0 Å². The summed E-state index contributed by atoms with van der Waals surface area (Å²) in [5.74, 6) is 0.534. The molecular formula is C15H19N3O3. The van der Waals surface area contributed by atoms with Crippen molar-refractivity contribution in [1.82, 2.24) is 15.5 Å². The fourth-order valence-corrected chi connectivity index (χ4v) is 1.81. The van der Waals surface area contributed by atoms with Crippen molar-refractivity contribution in [2.75, 3.05) is 13.2 Å². The molecule has 1 amide bonds. The molecule has 0 aliphatic rings. The fourth-order valence-electron chi connectivity index (χ4n) is 1.81. The zero-order valence-electron chi connectivity index (χ0n) is 11.9. The van der Waals surface area contributed by atoms with Crippen molar-refractivity contribution in [3.8, 4) is 5.75 Å². The highest BCUT2D eigenvalue weighted by Gasteiger charge is 2.09. The normalized spacial score (nSPS) is 11.9. The molecule has 0 bridgehead atoms. The number of carbonyl (C=O) groups is 1. The quantitative estimate of drug-likeness (QED) is 0.704. The van der Waals surface area contributed by atoms with Crippen LogP contribution in [-0.4, -0.2) is 40.5 Å². The number of aliphatic hydroxyl groups is 1. The Morgan fingerprint density at radius 2 is 2.33 bits per heavy atom. The van der Waals surface area contributed by atoms with E-state index in [1.165, 1.54) is 0 Å². The van der Waals surface area contributed by atoms with Crippen molar-refractivity contribution in [2.45, 2.75) is 19.4 Å². The number of nitrogens with one attached hydrogen (secondary N) is 2. The minimum Gasteiger partial charge on any atom is -0.491 e. The van der Waals surface area contributed by atoms with Crippen LogP contribution < -0.4 is 10.1 Å². The van der Waals surface area contributed by atoms with Crippen LogP contribution in [0, 0.1) is 6.92 Å². The monoisotopic (exact) mass is 289 g/mol. The molecule has 0 aliphatic heterocycles. The highest BCUT2D eigenvalue weighted by atomic mass is 16.5. The van der Waals surface area contributed by atoms with Crippen molar-refractivity contribution in [1.29, 1.82) is 0 Å². The van der Waals surface area contributed by atoms with Gasteiger partial charge in [0.25, 0.3) is 0 Å². The van der Waals surface area contributed by atoms with Crippen molar-refractivity contribution in [3.63, 3.8) is 0 Å². The van der Waals surface area contributed by atoms with Crippen LogP contribution in [0.1, 0.15) is 11.3 Å². The van der Waals surface area contributed by atoms with Crippen molar-refractivity contribution in [2.24, 2.45) is 0 Å².